The van der Waals surface area contributed by atoms with E-state index in [2.05, 4.69) is 11.9 Å². The van der Waals surface area contributed by atoms with Crippen LogP contribution in [0.1, 0.15) is 54.9 Å². The van der Waals surface area contributed by atoms with Crippen molar-refractivity contribution in [1.29, 1.82) is 0 Å². The fourth-order valence-corrected chi connectivity index (χ4v) is 4.41. The molecule has 1 N–H and O–H groups in total. The fourth-order valence-electron chi connectivity index (χ4n) is 3.48. The molecule has 192 valence electrons. The van der Waals surface area contributed by atoms with Crippen molar-refractivity contribution in [2.45, 2.75) is 78.4 Å². The van der Waals surface area contributed by atoms with Crippen molar-refractivity contribution < 1.29 is 37.2 Å². The van der Waals surface area contributed by atoms with Gasteiger partial charge in [0.05, 0.1) is 37.1 Å². The molecule has 0 aliphatic carbocycles. The molecule has 2 aliphatic heterocycles. The van der Waals surface area contributed by atoms with Gasteiger partial charge in [0, 0.05) is 19.0 Å². The molecule has 0 spiro atoms. The van der Waals surface area contributed by atoms with E-state index >= 15 is 0 Å². The van der Waals surface area contributed by atoms with E-state index in [0.717, 1.165) is 0 Å². The molecule has 10 nitrogen and oxygen atoms in total. The van der Waals surface area contributed by atoms with Crippen LogP contribution in [-0.2, 0) is 32.4 Å². The summed E-state index contributed by atoms with van der Waals surface area (Å²) < 4.78 is 35.0. The lowest BCUT2D eigenvalue weighted by Crippen LogP contribution is -2.46. The first-order valence-electron chi connectivity index (χ1n) is 11.5. The fraction of sp³-hybridized carbons (Fsp3) is 0.727. The van der Waals surface area contributed by atoms with Crippen LogP contribution in [0.3, 0.4) is 0 Å². The second-order valence-electron chi connectivity index (χ2n) is 9.22. The molecule has 0 bridgehead atoms. The van der Waals surface area contributed by atoms with E-state index in [1.807, 2.05) is 53.6 Å². The molecule has 0 radical (unpaired) electrons. The Morgan fingerprint density at radius 1 is 1.21 bits per heavy atom. The highest BCUT2D eigenvalue weighted by Crippen LogP contribution is 2.41. The van der Waals surface area contributed by atoms with Crippen molar-refractivity contribution in [3.8, 4) is 0 Å². The van der Waals surface area contributed by atoms with Gasteiger partial charge in [0.25, 0.3) is 0 Å². The number of amides is 3. The van der Waals surface area contributed by atoms with E-state index < -0.39 is 45.1 Å². The summed E-state index contributed by atoms with van der Waals surface area (Å²) >= 11 is 0. The number of carbonyl (C=O) groups excluding carboxylic acids is 2. The summed E-state index contributed by atoms with van der Waals surface area (Å²) in [6.07, 6.45) is 3.03. The summed E-state index contributed by atoms with van der Waals surface area (Å²) in [6.45, 7) is 17.7. The lowest BCUT2D eigenvalue weighted by Gasteiger charge is -2.32. The molecule has 2 aliphatic rings. The Kier molecular flexibility index (Phi) is 10.7. The molecule has 4 atom stereocenters. The monoisotopic (exact) mass is 500 g/mol. The Hall–Kier alpha value is -1.33. The molecule has 2 saturated heterocycles. The van der Waals surface area contributed by atoms with Crippen LogP contribution >= 0.6 is 8.60 Å². The minimum absolute atomic E-state index is 0.0198. The first kappa shape index (κ1) is 28.9. The van der Waals surface area contributed by atoms with Gasteiger partial charge in [-0.25, -0.2) is 4.79 Å². The maximum Gasteiger partial charge on any atom is 0.486 e. The van der Waals surface area contributed by atoms with Crippen molar-refractivity contribution in [1.82, 2.24) is 10.2 Å². The lowest BCUT2D eigenvalue weighted by atomic mass is 9.90. The molecule has 2 heterocycles. The molecular formula is C22H38BN2O8P. The van der Waals surface area contributed by atoms with E-state index in [1.165, 1.54) is 18.0 Å². The normalized spacial score (nSPS) is 26.6. The Morgan fingerprint density at radius 3 is 2.41 bits per heavy atom. The number of hydrogen-bond donors (Lipinski definition) is 1. The van der Waals surface area contributed by atoms with Gasteiger partial charge in [-0.1, -0.05) is 25.6 Å². The lowest BCUT2D eigenvalue weighted by molar-refractivity contribution is -0.118. The van der Waals surface area contributed by atoms with Gasteiger partial charge in [-0.2, -0.15) is 0 Å². The third-order valence-electron chi connectivity index (χ3n) is 5.88. The summed E-state index contributed by atoms with van der Waals surface area (Å²) in [4.78, 5) is 24.7. The van der Waals surface area contributed by atoms with Gasteiger partial charge >= 0.3 is 21.8 Å². The van der Waals surface area contributed by atoms with Crippen LogP contribution in [0.4, 0.5) is 4.79 Å². The number of nitrogens with zero attached hydrogens (tertiary/aromatic N) is 1. The molecule has 0 aromatic carbocycles. The predicted molar refractivity (Wildman–Crippen MR) is 129 cm³/mol. The summed E-state index contributed by atoms with van der Waals surface area (Å²) in [5.74, 6) is 1.39. The SMILES string of the molecule is C=CN(C(=O)NC(C)=O)C1OC(COP(OCC)OC/C=C/B2OC(C)(C)C(C)(C)O2)CC1C. The number of urea groups is 1. The first-order chi connectivity index (χ1) is 15.9. The van der Waals surface area contributed by atoms with Crippen LogP contribution < -0.4 is 5.32 Å². The highest BCUT2D eigenvalue weighted by molar-refractivity contribution is 7.41. The van der Waals surface area contributed by atoms with Gasteiger partial charge in [-0.05, 0) is 41.0 Å². The van der Waals surface area contributed by atoms with Gasteiger partial charge in [0.1, 0.15) is 6.23 Å². The zero-order valence-corrected chi connectivity index (χ0v) is 22.1. The number of nitrogens with one attached hydrogen (secondary N) is 1. The van der Waals surface area contributed by atoms with Crippen LogP contribution in [0.15, 0.2) is 24.8 Å². The highest BCUT2D eigenvalue weighted by atomic mass is 31.2. The molecule has 4 unspecified atom stereocenters. The van der Waals surface area contributed by atoms with E-state index in [4.69, 9.17) is 27.6 Å². The van der Waals surface area contributed by atoms with Crippen molar-refractivity contribution in [2.24, 2.45) is 5.92 Å². The Labute approximate surface area is 204 Å². The van der Waals surface area contributed by atoms with Gasteiger partial charge in [-0.3, -0.25) is 15.0 Å². The number of rotatable bonds is 11. The van der Waals surface area contributed by atoms with Crippen LogP contribution in [0.2, 0.25) is 0 Å². The molecule has 0 aromatic rings. The van der Waals surface area contributed by atoms with E-state index in [-0.39, 0.29) is 25.2 Å². The average Bonchev–Trinajstić information content (AvgIpc) is 3.18. The van der Waals surface area contributed by atoms with Gasteiger partial charge in [0.2, 0.25) is 5.91 Å². The molecule has 0 aromatic heterocycles. The van der Waals surface area contributed by atoms with Gasteiger partial charge in [-0.15, -0.1) is 0 Å². The molecule has 2 fully saturated rings. The Morgan fingerprint density at radius 2 is 1.85 bits per heavy atom. The van der Waals surface area contributed by atoms with E-state index in [1.54, 1.807) is 0 Å². The number of ether oxygens (including phenoxy) is 1. The van der Waals surface area contributed by atoms with E-state index in [0.29, 0.717) is 13.0 Å². The first-order valence-corrected chi connectivity index (χ1v) is 12.6. The molecule has 2 rings (SSSR count). The zero-order chi connectivity index (χ0) is 25.5. The third kappa shape index (κ3) is 7.85. The average molecular weight is 500 g/mol. The second-order valence-corrected chi connectivity index (χ2v) is 10.4. The van der Waals surface area contributed by atoms with Crippen molar-refractivity contribution in [3.63, 3.8) is 0 Å². The van der Waals surface area contributed by atoms with Gasteiger partial charge < -0.3 is 27.6 Å². The van der Waals surface area contributed by atoms with E-state index in [9.17, 15) is 9.59 Å². The van der Waals surface area contributed by atoms with Crippen molar-refractivity contribution in [3.05, 3.63) is 24.8 Å². The van der Waals surface area contributed by atoms with Crippen molar-refractivity contribution >= 4 is 27.7 Å². The summed E-state index contributed by atoms with van der Waals surface area (Å²) in [5, 5.41) is 2.24. The second kappa shape index (κ2) is 12.6. The Bertz CT molecular complexity index is 734. The van der Waals surface area contributed by atoms with Crippen LogP contribution in [0.25, 0.3) is 0 Å². The highest BCUT2D eigenvalue weighted by Gasteiger charge is 2.50. The Balaban J connectivity index is 1.81. The summed E-state index contributed by atoms with van der Waals surface area (Å²) in [7, 11) is -2.02. The number of imide groups is 1. The molecule has 34 heavy (non-hydrogen) atoms. The van der Waals surface area contributed by atoms with Crippen LogP contribution in [0, 0.1) is 5.92 Å². The van der Waals surface area contributed by atoms with Crippen molar-refractivity contribution in [2.75, 3.05) is 19.8 Å². The minimum atomic E-state index is -1.58. The smallest absolute Gasteiger partial charge is 0.400 e. The third-order valence-corrected chi connectivity index (χ3v) is 7.07. The quantitative estimate of drug-likeness (QED) is 0.336. The van der Waals surface area contributed by atoms with Crippen LogP contribution in [0.5, 0.6) is 0 Å². The molecule has 0 saturated carbocycles. The predicted octanol–water partition coefficient (Wildman–Crippen LogP) is 3.92. The van der Waals surface area contributed by atoms with Crippen LogP contribution in [-0.4, -0.2) is 67.3 Å². The molecule has 12 heteroatoms. The topological polar surface area (TPSA) is 105 Å². The summed E-state index contributed by atoms with van der Waals surface area (Å²) in [5.41, 5.74) is -0.789. The van der Waals surface area contributed by atoms with Gasteiger partial charge in [0.15, 0.2) is 0 Å². The maximum atomic E-state index is 12.2. The number of carbonyl (C=O) groups is 2. The molecular weight excluding hydrogens is 462 g/mol. The maximum absolute atomic E-state index is 12.2. The summed E-state index contributed by atoms with van der Waals surface area (Å²) in [6, 6.07) is -0.574. The minimum Gasteiger partial charge on any atom is -0.400 e. The molecule has 3 amide bonds. The number of hydrogen-bond acceptors (Lipinski definition) is 8. The largest absolute Gasteiger partial charge is 0.486 e. The standard InChI is InChI=1S/C22H38BN2O8P/c1-9-25(20(27)24-17(4)26)19-16(3)14-18(31-19)15-30-34(28-10-2)29-13-11-12-23-32-21(5,6)22(7,8)33-23/h9,11-12,16,18-19H,1,10,13-15H2,2-8H3,(H,24,26,27)/b12-11+. The zero-order valence-electron chi connectivity index (χ0n) is 21.2.